The molecule has 0 aromatic rings. The maximum absolute atomic E-state index is 4.23. The maximum atomic E-state index is 4.23. The lowest BCUT2D eigenvalue weighted by molar-refractivity contribution is -0.0603. The lowest BCUT2D eigenvalue weighted by Crippen LogP contribution is -2.46. The lowest BCUT2D eigenvalue weighted by atomic mass is 10.3. The fraction of sp³-hybridized carbons (Fsp3) is 0.500. The van der Waals surface area contributed by atoms with Gasteiger partial charge in [0.15, 0.2) is 0 Å². The van der Waals surface area contributed by atoms with Crippen molar-refractivity contribution in [2.24, 2.45) is 5.10 Å². The molecule has 0 spiro atoms. The summed E-state index contributed by atoms with van der Waals surface area (Å²) in [5.41, 5.74) is 3.14. The molecule has 3 aliphatic rings. The topological polar surface area (TPSA) is 34.1 Å². The van der Waals surface area contributed by atoms with E-state index in [0.29, 0.717) is 0 Å². The monoisotopic (exact) mass is 183 g/mol. The molecule has 0 aliphatic carbocycles. The van der Waals surface area contributed by atoms with Crippen molar-refractivity contribution >= 4 is 17.5 Å². The normalized spacial score (nSPS) is 26.0. The molecule has 0 amide bonds. The van der Waals surface area contributed by atoms with Gasteiger partial charge < -0.3 is 5.32 Å². The number of rotatable bonds is 0. The third-order valence-corrected chi connectivity index (χ3v) is 2.75. The third-order valence-electron chi connectivity index (χ3n) is 2.10. The second-order valence-electron chi connectivity index (χ2n) is 2.82. The Kier molecular flexibility index (Phi) is 1.27. The molecule has 0 radical (unpaired) electrons. The van der Waals surface area contributed by atoms with E-state index in [9.17, 15) is 0 Å². The first-order valence-electron chi connectivity index (χ1n) is 3.92. The average molecular weight is 183 g/mol. The van der Waals surface area contributed by atoms with Gasteiger partial charge in [-0.15, -0.1) is 5.10 Å². The summed E-state index contributed by atoms with van der Waals surface area (Å²) in [6.45, 7) is 2.98. The predicted molar refractivity (Wildman–Crippen MR) is 47.4 cm³/mol. The molecule has 6 heteroatoms. The van der Waals surface area contributed by atoms with E-state index in [0.717, 1.165) is 19.6 Å². The molecule has 1 fully saturated rings. The molecule has 0 unspecified atom stereocenters. The van der Waals surface area contributed by atoms with Crippen LogP contribution in [-0.4, -0.2) is 39.8 Å². The number of fused-ring (bicyclic) bond motifs is 3. The summed E-state index contributed by atoms with van der Waals surface area (Å²) in [6, 6.07) is 0. The highest BCUT2D eigenvalue weighted by atomic mass is 32.2. The molecule has 0 aromatic carbocycles. The Morgan fingerprint density at radius 3 is 3.58 bits per heavy atom. The van der Waals surface area contributed by atoms with Crippen LogP contribution in [0.4, 0.5) is 0 Å². The van der Waals surface area contributed by atoms with Crippen molar-refractivity contribution in [3.63, 3.8) is 0 Å². The van der Waals surface area contributed by atoms with Gasteiger partial charge in [0.1, 0.15) is 5.55 Å². The number of nitrogens with zero attached hydrogens (tertiary/aromatic N) is 4. The van der Waals surface area contributed by atoms with Crippen molar-refractivity contribution in [2.75, 3.05) is 19.6 Å². The second kappa shape index (κ2) is 2.30. The molecule has 0 aromatic heterocycles. The van der Waals surface area contributed by atoms with Crippen LogP contribution in [0.25, 0.3) is 0 Å². The quantitative estimate of drug-likeness (QED) is 0.525. The van der Waals surface area contributed by atoms with E-state index in [4.69, 9.17) is 0 Å². The van der Waals surface area contributed by atoms with Crippen LogP contribution in [0.2, 0.25) is 0 Å². The third kappa shape index (κ3) is 0.760. The van der Waals surface area contributed by atoms with E-state index >= 15 is 0 Å². The van der Waals surface area contributed by atoms with Gasteiger partial charge in [-0.2, -0.15) is 4.41 Å². The minimum absolute atomic E-state index is 0.948. The standard InChI is InChI=1S/C6H9N5S/c1-2-9-6(3-7-1)4-10-11(9)8-5-12-10/h4-5,7H,1-3H2. The Morgan fingerprint density at radius 2 is 2.58 bits per heavy atom. The Labute approximate surface area is 74.8 Å². The fourth-order valence-electron chi connectivity index (χ4n) is 1.54. The first-order valence-corrected chi connectivity index (χ1v) is 4.76. The minimum atomic E-state index is 0.948. The molecule has 0 bridgehead atoms. The minimum Gasteiger partial charge on any atom is -0.309 e. The van der Waals surface area contributed by atoms with Crippen LogP contribution in [0, 0.1) is 0 Å². The first-order chi connectivity index (χ1) is 5.95. The second-order valence-corrected chi connectivity index (χ2v) is 3.61. The van der Waals surface area contributed by atoms with Gasteiger partial charge in [0.25, 0.3) is 0 Å². The van der Waals surface area contributed by atoms with Crippen LogP contribution in [0.15, 0.2) is 17.0 Å². The van der Waals surface area contributed by atoms with E-state index < -0.39 is 0 Å². The molecule has 0 saturated carbocycles. The zero-order valence-electron chi connectivity index (χ0n) is 6.47. The number of nitrogens with one attached hydrogen (secondary N) is 1. The largest absolute Gasteiger partial charge is 0.309 e. The number of hydrogen-bond acceptors (Lipinski definition) is 6. The van der Waals surface area contributed by atoms with Crippen LogP contribution in [0.1, 0.15) is 0 Å². The van der Waals surface area contributed by atoms with Crippen molar-refractivity contribution in [3.8, 4) is 0 Å². The summed E-state index contributed by atoms with van der Waals surface area (Å²) >= 11 is 1.60. The van der Waals surface area contributed by atoms with Crippen molar-refractivity contribution in [3.05, 3.63) is 11.9 Å². The van der Waals surface area contributed by atoms with Gasteiger partial charge in [0.2, 0.25) is 0 Å². The summed E-state index contributed by atoms with van der Waals surface area (Å²) in [6.07, 6.45) is 2.11. The Hall–Kier alpha value is -0.880. The van der Waals surface area contributed by atoms with Gasteiger partial charge in [-0.3, -0.25) is 0 Å². The number of piperazine rings is 1. The highest BCUT2D eigenvalue weighted by Crippen LogP contribution is 2.31. The molecule has 12 heavy (non-hydrogen) atoms. The van der Waals surface area contributed by atoms with Crippen LogP contribution < -0.4 is 5.32 Å². The summed E-state index contributed by atoms with van der Waals surface area (Å²) < 4.78 is 2.03. The Bertz CT molecular complexity index is 263. The van der Waals surface area contributed by atoms with E-state index in [1.54, 1.807) is 11.9 Å². The maximum Gasteiger partial charge on any atom is 0.107 e. The molecule has 3 heterocycles. The zero-order valence-corrected chi connectivity index (χ0v) is 7.29. The first kappa shape index (κ1) is 6.62. The van der Waals surface area contributed by atoms with E-state index in [2.05, 4.69) is 21.6 Å². The van der Waals surface area contributed by atoms with E-state index in [1.165, 1.54) is 5.70 Å². The molecular formula is C6H9N5S. The Morgan fingerprint density at radius 1 is 1.58 bits per heavy atom. The molecule has 1 N–H and O–H groups in total. The lowest BCUT2D eigenvalue weighted by Gasteiger charge is -2.32. The molecule has 1 saturated heterocycles. The molecule has 3 aliphatic heterocycles. The molecule has 0 atom stereocenters. The highest BCUT2D eigenvalue weighted by Gasteiger charge is 2.33. The molecule has 3 rings (SSSR count). The molecule has 64 valence electrons. The van der Waals surface area contributed by atoms with Gasteiger partial charge in [0, 0.05) is 25.0 Å². The van der Waals surface area contributed by atoms with E-state index in [-0.39, 0.29) is 0 Å². The van der Waals surface area contributed by atoms with Crippen molar-refractivity contribution < 1.29 is 0 Å². The van der Waals surface area contributed by atoms with Gasteiger partial charge in [-0.05, 0) is 0 Å². The van der Waals surface area contributed by atoms with Crippen LogP contribution in [0.3, 0.4) is 0 Å². The summed E-state index contributed by atoms with van der Waals surface area (Å²) in [5.74, 6) is 0. The number of hydrazone groups is 1. The predicted octanol–water partition coefficient (Wildman–Crippen LogP) is -0.214. The van der Waals surface area contributed by atoms with Crippen molar-refractivity contribution in [2.45, 2.75) is 0 Å². The van der Waals surface area contributed by atoms with Gasteiger partial charge in [0.05, 0.1) is 18.4 Å². The number of hydrazine groups is 2. The highest BCUT2D eigenvalue weighted by molar-refractivity contribution is 8.10. The van der Waals surface area contributed by atoms with Gasteiger partial charge >= 0.3 is 0 Å². The number of hydrogen-bond donors (Lipinski definition) is 1. The fourth-order valence-corrected chi connectivity index (χ4v) is 2.16. The van der Waals surface area contributed by atoms with Crippen molar-refractivity contribution in [1.82, 2.24) is 20.0 Å². The zero-order chi connectivity index (χ0) is 7.97. The van der Waals surface area contributed by atoms with Gasteiger partial charge in [-0.1, -0.05) is 5.23 Å². The average Bonchev–Trinajstić information content (AvgIpc) is 2.62. The van der Waals surface area contributed by atoms with Gasteiger partial charge in [-0.25, -0.2) is 5.01 Å². The Balaban J connectivity index is 1.90. The molecule has 5 nitrogen and oxygen atoms in total. The summed E-state index contributed by atoms with van der Waals surface area (Å²) in [7, 11) is 0. The van der Waals surface area contributed by atoms with Crippen LogP contribution in [-0.2, 0) is 0 Å². The smallest absolute Gasteiger partial charge is 0.107 e. The van der Waals surface area contributed by atoms with Crippen molar-refractivity contribution in [1.29, 1.82) is 0 Å². The van der Waals surface area contributed by atoms with Crippen LogP contribution >= 0.6 is 11.9 Å². The summed E-state index contributed by atoms with van der Waals surface area (Å²) in [5, 5.41) is 11.6. The van der Waals surface area contributed by atoms with E-state index in [1.807, 2.05) is 15.2 Å². The SMILES string of the molecule is C1=NN2N(C=C3CNCCN32)S1. The van der Waals surface area contributed by atoms with Crippen LogP contribution in [0.5, 0.6) is 0 Å². The summed E-state index contributed by atoms with van der Waals surface area (Å²) in [4.78, 5) is 0. The molecular weight excluding hydrogens is 174 g/mol.